The maximum atomic E-state index is 12.9. The first-order chi connectivity index (χ1) is 16.9. The molecule has 1 aliphatic carbocycles. The van der Waals surface area contributed by atoms with Crippen LogP contribution in [0.25, 0.3) is 16.9 Å². The van der Waals surface area contributed by atoms with E-state index in [1.807, 2.05) is 18.2 Å². The summed E-state index contributed by atoms with van der Waals surface area (Å²) in [6, 6.07) is 17.0. The molecule has 1 heterocycles. The van der Waals surface area contributed by atoms with E-state index >= 15 is 0 Å². The quantitative estimate of drug-likeness (QED) is 0.385. The topological polar surface area (TPSA) is 119 Å². The van der Waals surface area contributed by atoms with Crippen molar-refractivity contribution in [1.29, 1.82) is 0 Å². The molecule has 2 amide bonds. The van der Waals surface area contributed by atoms with Crippen LogP contribution in [-0.2, 0) is 12.8 Å². The molecule has 4 N–H and O–H groups in total. The van der Waals surface area contributed by atoms with Gasteiger partial charge in [0, 0.05) is 22.9 Å². The highest BCUT2D eigenvalue weighted by molar-refractivity contribution is 6.34. The minimum Gasteiger partial charge on any atom is -0.508 e. The van der Waals surface area contributed by atoms with Crippen LogP contribution in [0.2, 0.25) is 5.02 Å². The Morgan fingerprint density at radius 1 is 1.11 bits per heavy atom. The summed E-state index contributed by atoms with van der Waals surface area (Å²) in [6.07, 6.45) is 1.28. The van der Waals surface area contributed by atoms with Gasteiger partial charge in [-0.05, 0) is 60.9 Å². The van der Waals surface area contributed by atoms with Crippen LogP contribution in [0.5, 0.6) is 11.5 Å². The molecule has 9 heteroatoms. The molecule has 0 fully saturated rings. The number of aromatic nitrogens is 2. The number of phenolic OH excluding ortho intramolecular Hbond substituents is 1. The number of primary amides is 1. The third kappa shape index (κ3) is 4.08. The lowest BCUT2D eigenvalue weighted by molar-refractivity contribution is 0.0992. The second kappa shape index (κ2) is 8.81. The van der Waals surface area contributed by atoms with Crippen LogP contribution in [0.3, 0.4) is 0 Å². The lowest BCUT2D eigenvalue weighted by atomic mass is 9.88. The minimum absolute atomic E-state index is 0.0702. The number of hydrogen-bond donors (Lipinski definition) is 3. The van der Waals surface area contributed by atoms with E-state index in [1.165, 1.54) is 7.11 Å². The van der Waals surface area contributed by atoms with Crippen LogP contribution in [0.15, 0.2) is 60.7 Å². The van der Waals surface area contributed by atoms with Crippen molar-refractivity contribution in [3.05, 3.63) is 88.1 Å². The molecule has 0 saturated heterocycles. The first-order valence-corrected chi connectivity index (χ1v) is 11.2. The second-order valence-corrected chi connectivity index (χ2v) is 8.55. The maximum Gasteiger partial charge on any atom is 0.269 e. The molecule has 1 aromatic heterocycles. The lowest BCUT2D eigenvalue weighted by Crippen LogP contribution is -2.15. The first kappa shape index (κ1) is 22.5. The number of carbonyl (C=O) groups excluding carboxylic acids is 2. The normalized spacial score (nSPS) is 11.9. The van der Waals surface area contributed by atoms with Gasteiger partial charge in [-0.1, -0.05) is 23.7 Å². The molecule has 1 aliphatic rings. The van der Waals surface area contributed by atoms with E-state index < -0.39 is 5.91 Å². The third-order valence-corrected chi connectivity index (χ3v) is 6.29. The zero-order valence-corrected chi connectivity index (χ0v) is 19.5. The van der Waals surface area contributed by atoms with Gasteiger partial charge in [-0.15, -0.1) is 0 Å². The lowest BCUT2D eigenvalue weighted by Gasteiger charge is -2.20. The van der Waals surface area contributed by atoms with E-state index in [0.717, 1.165) is 16.7 Å². The molecule has 0 aliphatic heterocycles. The fourth-order valence-electron chi connectivity index (χ4n) is 4.33. The molecule has 35 heavy (non-hydrogen) atoms. The van der Waals surface area contributed by atoms with Crippen molar-refractivity contribution in [1.82, 2.24) is 9.78 Å². The van der Waals surface area contributed by atoms with Gasteiger partial charge in [0.05, 0.1) is 29.1 Å². The number of rotatable bonds is 5. The number of amides is 2. The highest BCUT2D eigenvalue weighted by atomic mass is 35.5. The Balaban J connectivity index is 1.58. The Morgan fingerprint density at radius 2 is 1.94 bits per heavy atom. The fourth-order valence-corrected chi connectivity index (χ4v) is 4.59. The molecule has 0 bridgehead atoms. The van der Waals surface area contributed by atoms with Crippen LogP contribution in [-0.4, -0.2) is 33.8 Å². The number of aryl methyl sites for hydroxylation is 1. The number of anilines is 1. The summed E-state index contributed by atoms with van der Waals surface area (Å²) in [5.74, 6) is -0.366. The van der Waals surface area contributed by atoms with E-state index in [-0.39, 0.29) is 22.4 Å². The Labute approximate surface area is 205 Å². The SMILES string of the molecule is COc1ccc(C(=O)Nc2ccc3c(c2)-c2c(c(C(N)=O)nn2-c2cccc(O)c2)CC3)c(Cl)c1. The molecule has 8 nitrogen and oxygen atoms in total. The Morgan fingerprint density at radius 3 is 2.66 bits per heavy atom. The number of nitrogens with zero attached hydrogens (tertiary/aromatic N) is 2. The molecule has 0 unspecified atom stereocenters. The Bertz CT molecular complexity index is 1490. The van der Waals surface area contributed by atoms with Gasteiger partial charge in [-0.25, -0.2) is 4.68 Å². The van der Waals surface area contributed by atoms with Crippen molar-refractivity contribution >= 4 is 29.1 Å². The number of fused-ring (bicyclic) bond motifs is 3. The Kier molecular flexibility index (Phi) is 5.66. The summed E-state index contributed by atoms with van der Waals surface area (Å²) in [6.45, 7) is 0. The van der Waals surface area contributed by atoms with Gasteiger partial charge in [0.15, 0.2) is 5.69 Å². The number of nitrogens with one attached hydrogen (secondary N) is 1. The van der Waals surface area contributed by atoms with Gasteiger partial charge >= 0.3 is 0 Å². The predicted octanol–water partition coefficient (Wildman–Crippen LogP) is 4.36. The van der Waals surface area contributed by atoms with Crippen molar-refractivity contribution in [3.8, 4) is 28.4 Å². The van der Waals surface area contributed by atoms with Crippen LogP contribution < -0.4 is 15.8 Å². The molecule has 4 aromatic rings. The number of aromatic hydroxyl groups is 1. The molecule has 0 atom stereocenters. The summed E-state index contributed by atoms with van der Waals surface area (Å²) in [4.78, 5) is 25.1. The maximum absolute atomic E-state index is 12.9. The average molecular weight is 489 g/mol. The van der Waals surface area contributed by atoms with E-state index in [9.17, 15) is 14.7 Å². The largest absolute Gasteiger partial charge is 0.508 e. The second-order valence-electron chi connectivity index (χ2n) is 8.14. The van der Waals surface area contributed by atoms with Gasteiger partial charge in [-0.2, -0.15) is 5.10 Å². The summed E-state index contributed by atoms with van der Waals surface area (Å²) < 4.78 is 6.75. The van der Waals surface area contributed by atoms with Gasteiger partial charge in [0.2, 0.25) is 0 Å². The third-order valence-electron chi connectivity index (χ3n) is 5.98. The molecule has 0 saturated carbocycles. The zero-order chi connectivity index (χ0) is 24.7. The van der Waals surface area contributed by atoms with Crippen molar-refractivity contribution in [3.63, 3.8) is 0 Å². The molecular weight excluding hydrogens is 468 g/mol. The summed E-state index contributed by atoms with van der Waals surface area (Å²) in [5, 5.41) is 17.6. The number of hydrogen-bond acceptors (Lipinski definition) is 5. The van der Waals surface area contributed by atoms with E-state index in [1.54, 1.807) is 47.1 Å². The fraction of sp³-hybridized carbons (Fsp3) is 0.115. The van der Waals surface area contributed by atoms with Crippen LogP contribution in [0.1, 0.15) is 32.0 Å². The summed E-state index contributed by atoms with van der Waals surface area (Å²) >= 11 is 6.27. The number of nitrogens with two attached hydrogens (primary N) is 1. The molecule has 176 valence electrons. The van der Waals surface area contributed by atoms with E-state index in [2.05, 4.69) is 10.4 Å². The number of ether oxygens (including phenoxy) is 1. The standard InChI is InChI=1S/C26H21ClN4O4/c1-35-18-8-10-19(22(27)13-18)26(34)29-15-7-5-14-6-9-20-23(25(28)33)30-31(24(20)21(14)11-15)16-3-2-4-17(32)12-16/h2-5,7-8,10-13,32H,6,9H2,1H3,(H2,28,33)(H,29,34). The van der Waals surface area contributed by atoms with Crippen molar-refractivity contribution in [2.45, 2.75) is 12.8 Å². The van der Waals surface area contributed by atoms with E-state index in [0.29, 0.717) is 41.2 Å². The van der Waals surface area contributed by atoms with E-state index in [4.69, 9.17) is 22.1 Å². The average Bonchev–Trinajstić information content (AvgIpc) is 3.24. The number of methoxy groups -OCH3 is 1. The summed E-state index contributed by atoms with van der Waals surface area (Å²) in [7, 11) is 1.53. The zero-order valence-electron chi connectivity index (χ0n) is 18.7. The number of benzene rings is 3. The number of halogens is 1. The van der Waals surface area contributed by atoms with Crippen LogP contribution in [0.4, 0.5) is 5.69 Å². The van der Waals surface area contributed by atoms with Crippen molar-refractivity contribution in [2.75, 3.05) is 12.4 Å². The molecule has 0 radical (unpaired) electrons. The van der Waals surface area contributed by atoms with Crippen LogP contribution in [0, 0.1) is 0 Å². The predicted molar refractivity (Wildman–Crippen MR) is 133 cm³/mol. The number of phenols is 1. The molecule has 0 spiro atoms. The van der Waals surface area contributed by atoms with Gasteiger partial charge in [0.25, 0.3) is 11.8 Å². The number of carbonyl (C=O) groups is 2. The highest BCUT2D eigenvalue weighted by Gasteiger charge is 2.28. The molecule has 5 rings (SSSR count). The molecular formula is C26H21ClN4O4. The van der Waals surface area contributed by atoms with Gasteiger partial charge < -0.3 is 20.9 Å². The molecule has 3 aromatic carbocycles. The monoisotopic (exact) mass is 488 g/mol. The summed E-state index contributed by atoms with van der Waals surface area (Å²) in [5.41, 5.74) is 10.5. The first-order valence-electron chi connectivity index (χ1n) is 10.8. The van der Waals surface area contributed by atoms with Gasteiger partial charge in [0.1, 0.15) is 11.5 Å². The van der Waals surface area contributed by atoms with Crippen molar-refractivity contribution in [2.24, 2.45) is 5.73 Å². The smallest absolute Gasteiger partial charge is 0.269 e. The Hall–Kier alpha value is -4.30. The minimum atomic E-state index is -0.623. The van der Waals surface area contributed by atoms with Crippen molar-refractivity contribution < 1.29 is 19.4 Å². The highest BCUT2D eigenvalue weighted by Crippen LogP contribution is 2.39. The van der Waals surface area contributed by atoms with Crippen LogP contribution >= 0.6 is 11.6 Å². The van der Waals surface area contributed by atoms with Gasteiger partial charge in [-0.3, -0.25) is 9.59 Å².